The molecule has 0 spiro atoms. The number of likely N-dealkylation sites (N-methyl/N-ethyl adjacent to an activating group) is 2. The number of rotatable bonds is 8. The lowest BCUT2D eigenvalue weighted by atomic mass is 10.1. The molecular formula is C18H23F3N6O2. The normalized spacial score (nSPS) is 11.6. The van der Waals surface area contributed by atoms with Crippen LogP contribution in [-0.2, 0) is 15.8 Å². The fourth-order valence-electron chi connectivity index (χ4n) is 2.74. The van der Waals surface area contributed by atoms with E-state index in [-0.39, 0.29) is 30.4 Å². The van der Waals surface area contributed by atoms with E-state index < -0.39 is 17.6 Å². The van der Waals surface area contributed by atoms with Crippen LogP contribution in [0.15, 0.2) is 30.9 Å². The van der Waals surface area contributed by atoms with E-state index in [4.69, 9.17) is 0 Å². The molecule has 1 heterocycles. The van der Waals surface area contributed by atoms with Crippen molar-refractivity contribution in [2.75, 3.05) is 38.5 Å². The molecule has 2 amide bonds. The molecule has 29 heavy (non-hydrogen) atoms. The molecule has 0 atom stereocenters. The van der Waals surface area contributed by atoms with Crippen LogP contribution < -0.4 is 5.32 Å². The second-order valence-electron chi connectivity index (χ2n) is 6.36. The van der Waals surface area contributed by atoms with Gasteiger partial charge in [-0.3, -0.25) is 14.5 Å². The fraction of sp³-hybridized carbons (Fsp3) is 0.444. The van der Waals surface area contributed by atoms with Crippen LogP contribution >= 0.6 is 0 Å². The maximum absolute atomic E-state index is 13.1. The van der Waals surface area contributed by atoms with E-state index in [0.717, 1.165) is 12.1 Å². The van der Waals surface area contributed by atoms with Crippen molar-refractivity contribution in [3.63, 3.8) is 0 Å². The van der Waals surface area contributed by atoms with Gasteiger partial charge >= 0.3 is 6.18 Å². The number of nitrogens with zero attached hydrogens (tertiary/aromatic N) is 5. The largest absolute Gasteiger partial charge is 0.416 e. The average Bonchev–Trinajstić information content (AvgIpc) is 3.16. The highest BCUT2D eigenvalue weighted by Gasteiger charge is 2.31. The number of hydrogen-bond donors (Lipinski definition) is 1. The summed E-state index contributed by atoms with van der Waals surface area (Å²) in [6.45, 7) is 4.68. The highest BCUT2D eigenvalue weighted by molar-refractivity contribution is 5.94. The molecule has 0 saturated carbocycles. The molecule has 2 aromatic rings. The first-order chi connectivity index (χ1) is 13.7. The predicted molar refractivity (Wildman–Crippen MR) is 100 cm³/mol. The first-order valence-electron chi connectivity index (χ1n) is 8.98. The molecule has 158 valence electrons. The van der Waals surface area contributed by atoms with E-state index in [1.54, 1.807) is 11.9 Å². The highest BCUT2D eigenvalue weighted by Crippen LogP contribution is 2.33. The van der Waals surface area contributed by atoms with Gasteiger partial charge in [-0.15, -0.1) is 0 Å². The number of halogens is 3. The standard InChI is InChI=1S/C18H23F3N6O2/c1-4-26(5-2)17(29)10-25(3)9-16(28)24-14-8-13(18(19,20)21)6-7-15(14)27-12-22-11-23-27/h6-8,11-12H,4-5,9-10H2,1-3H3,(H,24,28). The predicted octanol–water partition coefficient (Wildman–Crippen LogP) is 2.02. The van der Waals surface area contributed by atoms with Crippen LogP contribution in [0.5, 0.6) is 0 Å². The summed E-state index contributed by atoms with van der Waals surface area (Å²) in [7, 11) is 1.59. The van der Waals surface area contributed by atoms with Crippen molar-refractivity contribution in [2.45, 2.75) is 20.0 Å². The van der Waals surface area contributed by atoms with Gasteiger partial charge in [0.25, 0.3) is 0 Å². The van der Waals surface area contributed by atoms with Crippen LogP contribution in [0.1, 0.15) is 19.4 Å². The molecule has 0 aliphatic carbocycles. The fourth-order valence-corrected chi connectivity index (χ4v) is 2.74. The van der Waals surface area contributed by atoms with Crippen LogP contribution in [0, 0.1) is 0 Å². The summed E-state index contributed by atoms with van der Waals surface area (Å²) in [4.78, 5) is 31.4. The van der Waals surface area contributed by atoms with Gasteiger partial charge in [-0.25, -0.2) is 9.67 Å². The minimum absolute atomic E-state index is 0.0215. The summed E-state index contributed by atoms with van der Waals surface area (Å²) in [6, 6.07) is 2.96. The van der Waals surface area contributed by atoms with Gasteiger partial charge in [-0.05, 0) is 39.1 Å². The van der Waals surface area contributed by atoms with Gasteiger partial charge in [0.1, 0.15) is 12.7 Å². The molecule has 8 nitrogen and oxygen atoms in total. The molecule has 0 aliphatic rings. The number of benzene rings is 1. The van der Waals surface area contributed by atoms with Crippen LogP contribution in [0.4, 0.5) is 18.9 Å². The summed E-state index contributed by atoms with van der Waals surface area (Å²) < 4.78 is 40.5. The quantitative estimate of drug-likeness (QED) is 0.717. The SMILES string of the molecule is CCN(CC)C(=O)CN(C)CC(=O)Nc1cc(C(F)(F)F)ccc1-n1cncn1. The molecule has 1 aromatic heterocycles. The van der Waals surface area contributed by atoms with Gasteiger partial charge in [-0.1, -0.05) is 0 Å². The van der Waals surface area contributed by atoms with Crippen molar-refractivity contribution in [1.29, 1.82) is 0 Å². The third-order valence-electron chi connectivity index (χ3n) is 4.20. The molecule has 0 radical (unpaired) electrons. The summed E-state index contributed by atoms with van der Waals surface area (Å²) in [6.07, 6.45) is -2.02. The van der Waals surface area contributed by atoms with Crippen molar-refractivity contribution in [2.24, 2.45) is 0 Å². The molecule has 1 aromatic carbocycles. The highest BCUT2D eigenvalue weighted by atomic mass is 19.4. The van der Waals surface area contributed by atoms with Crippen molar-refractivity contribution in [3.8, 4) is 5.69 Å². The van der Waals surface area contributed by atoms with Gasteiger partial charge < -0.3 is 10.2 Å². The third kappa shape index (κ3) is 6.01. The minimum Gasteiger partial charge on any atom is -0.342 e. The Morgan fingerprint density at radius 2 is 1.86 bits per heavy atom. The first kappa shape index (κ1) is 22.3. The summed E-state index contributed by atoms with van der Waals surface area (Å²) in [5.74, 6) is -0.687. The molecule has 2 rings (SSSR count). The van der Waals surface area contributed by atoms with Gasteiger partial charge in [0.15, 0.2) is 0 Å². The lowest BCUT2D eigenvalue weighted by Gasteiger charge is -2.23. The Hall–Kier alpha value is -2.95. The van der Waals surface area contributed by atoms with Gasteiger partial charge in [0, 0.05) is 13.1 Å². The topological polar surface area (TPSA) is 83.4 Å². The number of carbonyl (C=O) groups excluding carboxylic acids is 2. The third-order valence-corrected chi connectivity index (χ3v) is 4.20. The van der Waals surface area contributed by atoms with Crippen molar-refractivity contribution in [3.05, 3.63) is 36.4 Å². The zero-order valence-electron chi connectivity index (χ0n) is 16.4. The Morgan fingerprint density at radius 1 is 1.17 bits per heavy atom. The van der Waals surface area contributed by atoms with E-state index in [2.05, 4.69) is 15.4 Å². The Labute approximate surface area is 166 Å². The van der Waals surface area contributed by atoms with E-state index in [1.165, 1.54) is 28.3 Å². The number of nitrogens with one attached hydrogen (secondary N) is 1. The van der Waals surface area contributed by atoms with Gasteiger partial charge in [0.05, 0.1) is 30.0 Å². The maximum Gasteiger partial charge on any atom is 0.416 e. The Bertz CT molecular complexity index is 835. The van der Waals surface area contributed by atoms with Crippen molar-refractivity contribution in [1.82, 2.24) is 24.6 Å². The van der Waals surface area contributed by atoms with E-state index >= 15 is 0 Å². The zero-order chi connectivity index (χ0) is 21.6. The smallest absolute Gasteiger partial charge is 0.342 e. The zero-order valence-corrected chi connectivity index (χ0v) is 16.4. The molecule has 11 heteroatoms. The molecule has 0 saturated heterocycles. The monoisotopic (exact) mass is 412 g/mol. The number of aromatic nitrogens is 3. The summed E-state index contributed by atoms with van der Waals surface area (Å²) in [5, 5.41) is 6.38. The van der Waals surface area contributed by atoms with Gasteiger partial charge in [-0.2, -0.15) is 18.3 Å². The van der Waals surface area contributed by atoms with Gasteiger partial charge in [0.2, 0.25) is 11.8 Å². The van der Waals surface area contributed by atoms with Crippen LogP contribution in [0.25, 0.3) is 5.69 Å². The molecule has 0 fully saturated rings. The Morgan fingerprint density at radius 3 is 2.41 bits per heavy atom. The Kier molecular flexibility index (Phi) is 7.32. The first-order valence-corrected chi connectivity index (χ1v) is 8.98. The maximum atomic E-state index is 13.1. The average molecular weight is 412 g/mol. The second-order valence-corrected chi connectivity index (χ2v) is 6.36. The number of hydrogen-bond acceptors (Lipinski definition) is 5. The number of amides is 2. The molecule has 0 bridgehead atoms. The molecule has 1 N–H and O–H groups in total. The lowest BCUT2D eigenvalue weighted by molar-refractivity contribution is -0.137. The second kappa shape index (κ2) is 9.50. The van der Waals surface area contributed by atoms with E-state index in [9.17, 15) is 22.8 Å². The number of anilines is 1. The van der Waals surface area contributed by atoms with Crippen molar-refractivity contribution >= 4 is 17.5 Å². The van der Waals surface area contributed by atoms with E-state index in [1.807, 2.05) is 13.8 Å². The van der Waals surface area contributed by atoms with Crippen LogP contribution in [0.2, 0.25) is 0 Å². The molecule has 0 aliphatic heterocycles. The molecule has 0 unspecified atom stereocenters. The lowest BCUT2D eigenvalue weighted by Crippen LogP contribution is -2.41. The van der Waals surface area contributed by atoms with E-state index in [0.29, 0.717) is 13.1 Å². The van der Waals surface area contributed by atoms with Crippen molar-refractivity contribution < 1.29 is 22.8 Å². The summed E-state index contributed by atoms with van der Waals surface area (Å²) >= 11 is 0. The van der Waals surface area contributed by atoms with Crippen LogP contribution in [0.3, 0.4) is 0 Å². The molecular weight excluding hydrogens is 389 g/mol. The minimum atomic E-state index is -4.56. The van der Waals surface area contributed by atoms with Crippen LogP contribution in [-0.4, -0.2) is 69.6 Å². The number of carbonyl (C=O) groups is 2. The number of alkyl halides is 3. The Balaban J connectivity index is 2.15. The summed E-state index contributed by atoms with van der Waals surface area (Å²) in [5.41, 5.74) is -0.716.